The van der Waals surface area contributed by atoms with Gasteiger partial charge in [0.05, 0.1) is 25.5 Å². The lowest BCUT2D eigenvalue weighted by molar-refractivity contribution is -0.0296. The van der Waals surface area contributed by atoms with Crippen LogP contribution in [0.4, 0.5) is 0 Å². The van der Waals surface area contributed by atoms with Crippen LogP contribution in [-0.2, 0) is 4.74 Å². The number of ether oxygens (including phenoxy) is 1. The molecule has 0 N–H and O–H groups in total. The van der Waals surface area contributed by atoms with Crippen molar-refractivity contribution in [3.05, 3.63) is 16.9 Å². The first-order chi connectivity index (χ1) is 4.88. The van der Waals surface area contributed by atoms with Crippen LogP contribution in [0.1, 0.15) is 6.04 Å². The summed E-state index contributed by atoms with van der Waals surface area (Å²) >= 11 is 3.39. The number of halogens is 1. The topological polar surface area (TPSA) is 27.1 Å². The molecule has 0 spiro atoms. The Morgan fingerprint density at radius 1 is 1.70 bits per heavy atom. The molecule has 1 aliphatic rings. The van der Waals surface area contributed by atoms with Gasteiger partial charge in [0.25, 0.3) is 0 Å². The van der Waals surface area contributed by atoms with Crippen LogP contribution in [0.25, 0.3) is 0 Å². The van der Waals surface area contributed by atoms with Crippen molar-refractivity contribution in [2.75, 3.05) is 13.2 Å². The number of hydrogen-bond acceptors (Lipinski definition) is 2. The summed E-state index contributed by atoms with van der Waals surface area (Å²) in [6, 6.07) is 2.38. The molecule has 1 saturated heterocycles. The lowest BCUT2D eigenvalue weighted by Crippen LogP contribution is -2.31. The first-order valence-corrected chi connectivity index (χ1v) is 3.94. The number of hydrogen-bond donors (Lipinski definition) is 0. The zero-order valence-electron chi connectivity index (χ0n) is 5.33. The van der Waals surface area contributed by atoms with Gasteiger partial charge in [0, 0.05) is 0 Å². The molecule has 2 heterocycles. The maximum atomic E-state index is 5.03. The van der Waals surface area contributed by atoms with E-state index in [9.17, 15) is 0 Å². The Morgan fingerprint density at radius 2 is 2.50 bits per heavy atom. The van der Waals surface area contributed by atoms with Gasteiger partial charge in [0.1, 0.15) is 4.60 Å². The highest BCUT2D eigenvalue weighted by molar-refractivity contribution is 9.10. The van der Waals surface area contributed by atoms with Crippen molar-refractivity contribution >= 4 is 15.9 Å². The molecule has 0 bridgehead atoms. The fourth-order valence-corrected chi connectivity index (χ4v) is 1.43. The van der Waals surface area contributed by atoms with Crippen molar-refractivity contribution in [2.24, 2.45) is 0 Å². The highest BCUT2D eigenvalue weighted by atomic mass is 79.9. The van der Waals surface area contributed by atoms with E-state index in [1.54, 1.807) is 6.20 Å². The van der Waals surface area contributed by atoms with E-state index in [1.807, 2.05) is 10.7 Å². The molecule has 0 unspecified atom stereocenters. The third kappa shape index (κ3) is 0.876. The van der Waals surface area contributed by atoms with Crippen LogP contribution in [0.15, 0.2) is 16.9 Å². The van der Waals surface area contributed by atoms with Crippen LogP contribution in [0.5, 0.6) is 0 Å². The molecule has 0 saturated carbocycles. The number of aromatic nitrogens is 2. The van der Waals surface area contributed by atoms with Gasteiger partial charge in [-0.3, -0.25) is 4.68 Å². The molecule has 1 aromatic rings. The van der Waals surface area contributed by atoms with Gasteiger partial charge in [-0.15, -0.1) is 0 Å². The third-order valence-corrected chi connectivity index (χ3v) is 2.22. The summed E-state index contributed by atoms with van der Waals surface area (Å²) in [5, 5.41) is 4.13. The average Bonchev–Trinajstić information content (AvgIpc) is 2.12. The molecule has 0 aromatic carbocycles. The Kier molecular flexibility index (Phi) is 1.50. The molecule has 0 aliphatic carbocycles. The van der Waals surface area contributed by atoms with E-state index in [2.05, 4.69) is 21.0 Å². The van der Waals surface area contributed by atoms with Crippen LogP contribution in [0, 0.1) is 0 Å². The molecule has 1 aliphatic heterocycles. The Balaban J connectivity index is 2.23. The predicted octanol–water partition coefficient (Wildman–Crippen LogP) is 1.22. The average molecular weight is 203 g/mol. The summed E-state index contributed by atoms with van der Waals surface area (Å²) in [5.74, 6) is 0. The van der Waals surface area contributed by atoms with Gasteiger partial charge >= 0.3 is 0 Å². The van der Waals surface area contributed by atoms with Crippen molar-refractivity contribution in [1.82, 2.24) is 9.78 Å². The van der Waals surface area contributed by atoms with E-state index in [0.29, 0.717) is 6.04 Å². The van der Waals surface area contributed by atoms with Crippen LogP contribution in [0.3, 0.4) is 0 Å². The summed E-state index contributed by atoms with van der Waals surface area (Å²) < 4.78 is 7.99. The molecule has 0 amide bonds. The molecule has 10 heavy (non-hydrogen) atoms. The van der Waals surface area contributed by atoms with E-state index in [-0.39, 0.29) is 0 Å². The van der Waals surface area contributed by atoms with Crippen molar-refractivity contribution in [3.63, 3.8) is 0 Å². The van der Waals surface area contributed by atoms with Gasteiger partial charge in [-0.1, -0.05) is 0 Å². The zero-order chi connectivity index (χ0) is 6.97. The van der Waals surface area contributed by atoms with Crippen LogP contribution in [0.2, 0.25) is 0 Å². The molecule has 54 valence electrons. The normalized spacial score (nSPS) is 18.9. The summed E-state index contributed by atoms with van der Waals surface area (Å²) in [6.07, 6.45) is 1.78. The van der Waals surface area contributed by atoms with Crippen molar-refractivity contribution < 1.29 is 4.74 Å². The lowest BCUT2D eigenvalue weighted by atomic mass is 10.3. The predicted molar refractivity (Wildman–Crippen MR) is 39.8 cm³/mol. The summed E-state index contributed by atoms with van der Waals surface area (Å²) in [7, 11) is 0. The van der Waals surface area contributed by atoms with E-state index in [4.69, 9.17) is 4.74 Å². The maximum absolute atomic E-state index is 5.03. The van der Waals surface area contributed by atoms with Gasteiger partial charge in [0.2, 0.25) is 0 Å². The molecule has 2 rings (SSSR count). The Hall–Kier alpha value is -0.350. The molecule has 3 nitrogen and oxygen atoms in total. The second kappa shape index (κ2) is 2.36. The molecule has 1 fully saturated rings. The standard InChI is InChI=1S/C6H7BrN2O/c7-6-1-2-8-9(6)5-3-10-4-5/h1-2,5H,3-4H2. The Morgan fingerprint density at radius 3 is 2.90 bits per heavy atom. The van der Waals surface area contributed by atoms with Crippen LogP contribution < -0.4 is 0 Å². The van der Waals surface area contributed by atoms with E-state index < -0.39 is 0 Å². The van der Waals surface area contributed by atoms with Gasteiger partial charge in [-0.05, 0) is 22.0 Å². The molecular weight excluding hydrogens is 196 g/mol. The second-order valence-electron chi connectivity index (χ2n) is 2.29. The van der Waals surface area contributed by atoms with Crippen LogP contribution in [-0.4, -0.2) is 23.0 Å². The van der Waals surface area contributed by atoms with Crippen LogP contribution >= 0.6 is 15.9 Å². The summed E-state index contributed by atoms with van der Waals surface area (Å²) in [4.78, 5) is 0. The minimum Gasteiger partial charge on any atom is -0.377 e. The summed E-state index contributed by atoms with van der Waals surface area (Å²) in [6.45, 7) is 1.58. The van der Waals surface area contributed by atoms with Gasteiger partial charge < -0.3 is 4.74 Å². The smallest absolute Gasteiger partial charge is 0.104 e. The maximum Gasteiger partial charge on any atom is 0.104 e. The second-order valence-corrected chi connectivity index (χ2v) is 3.10. The highest BCUT2D eigenvalue weighted by Crippen LogP contribution is 2.20. The highest BCUT2D eigenvalue weighted by Gasteiger charge is 2.21. The fraction of sp³-hybridized carbons (Fsp3) is 0.500. The SMILES string of the molecule is Brc1ccnn1C1COC1. The Labute approximate surface area is 67.1 Å². The van der Waals surface area contributed by atoms with Gasteiger partial charge in [-0.25, -0.2) is 0 Å². The third-order valence-electron chi connectivity index (χ3n) is 1.59. The van der Waals surface area contributed by atoms with Crippen molar-refractivity contribution in [2.45, 2.75) is 6.04 Å². The van der Waals surface area contributed by atoms with Gasteiger partial charge in [0.15, 0.2) is 0 Å². The molecule has 0 atom stereocenters. The first kappa shape index (κ1) is 6.37. The first-order valence-electron chi connectivity index (χ1n) is 3.14. The largest absolute Gasteiger partial charge is 0.377 e. The van der Waals surface area contributed by atoms with Crippen molar-refractivity contribution in [1.29, 1.82) is 0 Å². The minimum absolute atomic E-state index is 0.448. The zero-order valence-corrected chi connectivity index (χ0v) is 6.91. The fourth-order valence-electron chi connectivity index (χ4n) is 0.931. The van der Waals surface area contributed by atoms with Gasteiger partial charge in [-0.2, -0.15) is 5.10 Å². The van der Waals surface area contributed by atoms with E-state index >= 15 is 0 Å². The lowest BCUT2D eigenvalue weighted by Gasteiger charge is -2.26. The van der Waals surface area contributed by atoms with E-state index in [1.165, 1.54) is 0 Å². The molecule has 0 radical (unpaired) electrons. The molecule has 1 aromatic heterocycles. The minimum atomic E-state index is 0.448. The number of nitrogens with zero attached hydrogens (tertiary/aromatic N) is 2. The molecular formula is C6H7BrN2O. The van der Waals surface area contributed by atoms with E-state index in [0.717, 1.165) is 17.8 Å². The summed E-state index contributed by atoms with van der Waals surface area (Å²) in [5.41, 5.74) is 0. The quantitative estimate of drug-likeness (QED) is 0.685. The molecule has 4 heteroatoms. The van der Waals surface area contributed by atoms with Crippen molar-refractivity contribution in [3.8, 4) is 0 Å². The number of rotatable bonds is 1. The monoisotopic (exact) mass is 202 g/mol. The Bertz CT molecular complexity index is 231.